The molecule has 0 N–H and O–H groups in total. The minimum atomic E-state index is 0.550. The maximum Gasteiger partial charge on any atom is 0.225 e. The predicted molar refractivity (Wildman–Crippen MR) is 125 cm³/mol. The second-order valence-electron chi connectivity index (χ2n) is 8.72. The van der Waals surface area contributed by atoms with Gasteiger partial charge in [0.1, 0.15) is 0 Å². The Morgan fingerprint density at radius 1 is 0.933 bits per heavy atom. The van der Waals surface area contributed by atoms with Crippen LogP contribution in [0, 0.1) is 5.92 Å². The molecule has 0 atom stereocenters. The van der Waals surface area contributed by atoms with E-state index >= 15 is 0 Å². The van der Waals surface area contributed by atoms with Crippen LogP contribution >= 0.6 is 0 Å². The molecule has 5 heteroatoms. The van der Waals surface area contributed by atoms with Gasteiger partial charge in [-0.05, 0) is 56.1 Å². The molecular weight excluding hydrogens is 370 g/mol. The Balaban J connectivity index is 1.52. The maximum atomic E-state index is 4.94. The largest absolute Gasteiger partial charge is 0.341 e. The van der Waals surface area contributed by atoms with E-state index in [9.17, 15) is 0 Å². The van der Waals surface area contributed by atoms with E-state index in [0.29, 0.717) is 6.04 Å². The van der Waals surface area contributed by atoms with Gasteiger partial charge < -0.3 is 4.90 Å². The van der Waals surface area contributed by atoms with Gasteiger partial charge in [0, 0.05) is 42.6 Å². The Morgan fingerprint density at radius 3 is 2.27 bits per heavy atom. The van der Waals surface area contributed by atoms with Crippen LogP contribution in [0.2, 0.25) is 0 Å². The lowest BCUT2D eigenvalue weighted by atomic mass is 9.85. The molecule has 1 aliphatic rings. The van der Waals surface area contributed by atoms with Crippen molar-refractivity contribution in [3.8, 4) is 11.1 Å². The summed E-state index contributed by atoms with van der Waals surface area (Å²) in [5.41, 5.74) is 3.24. The lowest BCUT2D eigenvalue weighted by molar-refractivity contribution is 0.257. The van der Waals surface area contributed by atoms with Crippen LogP contribution in [-0.4, -0.2) is 32.8 Å². The monoisotopic (exact) mass is 405 g/mol. The van der Waals surface area contributed by atoms with Crippen molar-refractivity contribution in [1.82, 2.24) is 19.7 Å². The normalized spacial score (nSPS) is 19.3. The van der Waals surface area contributed by atoms with E-state index in [2.05, 4.69) is 64.7 Å². The number of hydrogen-bond acceptors (Lipinski definition) is 4. The third-order valence-corrected chi connectivity index (χ3v) is 6.53. The predicted octanol–water partition coefficient (Wildman–Crippen LogP) is 6.26. The average molecular weight is 406 g/mol. The molecule has 0 radical (unpaired) electrons. The van der Waals surface area contributed by atoms with E-state index < -0.39 is 0 Å². The fourth-order valence-electron chi connectivity index (χ4n) is 4.70. The first kappa shape index (κ1) is 20.8. The van der Waals surface area contributed by atoms with Crippen molar-refractivity contribution in [2.45, 2.75) is 71.8 Å². The van der Waals surface area contributed by atoms with E-state index in [0.717, 1.165) is 54.4 Å². The standard InChI is InChI=1S/C25H35N5/c1-4-13-29(14-5-2)25-26-16-22(17-27-25)20-9-10-21-18-30(28-24(21)15-20)23-11-7-19(6-3)8-12-23/h9-10,15-19,23H,4-8,11-14H2,1-3H3. The fraction of sp³-hybridized carbons (Fsp3) is 0.560. The molecule has 5 nitrogen and oxygen atoms in total. The number of benzene rings is 1. The van der Waals surface area contributed by atoms with E-state index in [1.807, 2.05) is 12.4 Å². The van der Waals surface area contributed by atoms with Crippen LogP contribution in [0.15, 0.2) is 36.8 Å². The van der Waals surface area contributed by atoms with E-state index in [-0.39, 0.29) is 0 Å². The second kappa shape index (κ2) is 9.59. The first-order valence-electron chi connectivity index (χ1n) is 11.8. The van der Waals surface area contributed by atoms with Crippen molar-refractivity contribution < 1.29 is 0 Å². The molecule has 4 rings (SSSR count). The minimum Gasteiger partial charge on any atom is -0.341 e. The SMILES string of the molecule is CCCN(CCC)c1ncc(-c2ccc3cn(C4CCC(CC)CC4)nc3c2)cn1. The molecule has 0 saturated heterocycles. The molecule has 160 valence electrons. The molecule has 0 bridgehead atoms. The summed E-state index contributed by atoms with van der Waals surface area (Å²) in [6, 6.07) is 7.07. The van der Waals surface area contributed by atoms with Gasteiger partial charge in [0.25, 0.3) is 0 Å². The number of aromatic nitrogens is 4. The van der Waals surface area contributed by atoms with Gasteiger partial charge in [0.2, 0.25) is 5.95 Å². The molecule has 0 spiro atoms. The van der Waals surface area contributed by atoms with E-state index in [4.69, 9.17) is 5.10 Å². The Hall–Kier alpha value is -2.43. The number of fused-ring (bicyclic) bond motifs is 1. The highest BCUT2D eigenvalue weighted by Crippen LogP contribution is 2.34. The van der Waals surface area contributed by atoms with Crippen LogP contribution in [0.3, 0.4) is 0 Å². The van der Waals surface area contributed by atoms with Gasteiger partial charge in [-0.25, -0.2) is 9.97 Å². The third-order valence-electron chi connectivity index (χ3n) is 6.53. The number of anilines is 1. The van der Waals surface area contributed by atoms with Crippen molar-refractivity contribution in [2.24, 2.45) is 5.92 Å². The number of rotatable bonds is 8. The van der Waals surface area contributed by atoms with Crippen LogP contribution in [0.25, 0.3) is 22.0 Å². The summed E-state index contributed by atoms with van der Waals surface area (Å²) in [6.45, 7) is 8.70. The van der Waals surface area contributed by atoms with Crippen molar-refractivity contribution in [2.75, 3.05) is 18.0 Å². The van der Waals surface area contributed by atoms with Gasteiger partial charge in [-0.2, -0.15) is 5.10 Å². The first-order chi connectivity index (χ1) is 14.7. The molecular formula is C25H35N5. The smallest absolute Gasteiger partial charge is 0.225 e. The quantitative estimate of drug-likeness (QED) is 0.444. The van der Waals surface area contributed by atoms with Gasteiger partial charge in [-0.3, -0.25) is 4.68 Å². The van der Waals surface area contributed by atoms with Crippen molar-refractivity contribution in [3.63, 3.8) is 0 Å². The highest BCUT2D eigenvalue weighted by Gasteiger charge is 2.22. The summed E-state index contributed by atoms with van der Waals surface area (Å²) < 4.78 is 2.22. The minimum absolute atomic E-state index is 0.550. The van der Waals surface area contributed by atoms with Crippen LogP contribution in [-0.2, 0) is 0 Å². The Labute approximate surface area is 180 Å². The van der Waals surface area contributed by atoms with E-state index in [1.165, 1.54) is 37.5 Å². The van der Waals surface area contributed by atoms with Gasteiger partial charge in [0.05, 0.1) is 11.6 Å². The van der Waals surface area contributed by atoms with Crippen LogP contribution in [0.1, 0.15) is 71.8 Å². The molecule has 1 fully saturated rings. The lowest BCUT2D eigenvalue weighted by Crippen LogP contribution is -2.26. The van der Waals surface area contributed by atoms with Crippen LogP contribution < -0.4 is 4.90 Å². The zero-order valence-corrected chi connectivity index (χ0v) is 18.7. The van der Waals surface area contributed by atoms with Crippen LogP contribution in [0.4, 0.5) is 5.95 Å². The van der Waals surface area contributed by atoms with Crippen molar-refractivity contribution in [3.05, 3.63) is 36.8 Å². The fourth-order valence-corrected chi connectivity index (χ4v) is 4.70. The highest BCUT2D eigenvalue weighted by atomic mass is 15.3. The Morgan fingerprint density at radius 2 is 1.63 bits per heavy atom. The second-order valence-corrected chi connectivity index (χ2v) is 8.72. The molecule has 2 heterocycles. The Kier molecular flexibility index (Phi) is 6.66. The summed E-state index contributed by atoms with van der Waals surface area (Å²) in [7, 11) is 0. The lowest BCUT2D eigenvalue weighted by Gasteiger charge is -2.27. The molecule has 0 amide bonds. The third kappa shape index (κ3) is 4.50. The van der Waals surface area contributed by atoms with Crippen molar-refractivity contribution >= 4 is 16.9 Å². The summed E-state index contributed by atoms with van der Waals surface area (Å²) >= 11 is 0. The molecule has 1 aromatic carbocycles. The van der Waals surface area contributed by atoms with Gasteiger partial charge >= 0.3 is 0 Å². The maximum absolute atomic E-state index is 4.94. The number of hydrogen-bond donors (Lipinski definition) is 0. The molecule has 0 unspecified atom stereocenters. The molecule has 0 aliphatic heterocycles. The average Bonchev–Trinajstić information content (AvgIpc) is 3.22. The molecule has 2 aromatic heterocycles. The highest BCUT2D eigenvalue weighted by molar-refractivity contribution is 5.83. The summed E-state index contributed by atoms with van der Waals surface area (Å²) in [4.78, 5) is 11.6. The van der Waals surface area contributed by atoms with Gasteiger partial charge in [0.15, 0.2) is 0 Å². The summed E-state index contributed by atoms with van der Waals surface area (Å²) in [6.07, 6.45) is 14.8. The van der Waals surface area contributed by atoms with Crippen LogP contribution in [0.5, 0.6) is 0 Å². The van der Waals surface area contributed by atoms with Gasteiger partial charge in [-0.15, -0.1) is 0 Å². The van der Waals surface area contributed by atoms with Crippen molar-refractivity contribution in [1.29, 1.82) is 0 Å². The Bertz CT molecular complexity index is 932. The molecule has 30 heavy (non-hydrogen) atoms. The molecule has 1 aliphatic carbocycles. The summed E-state index contributed by atoms with van der Waals surface area (Å²) in [5, 5.41) is 6.15. The molecule has 3 aromatic rings. The van der Waals surface area contributed by atoms with E-state index in [1.54, 1.807) is 0 Å². The van der Waals surface area contributed by atoms with Gasteiger partial charge in [-0.1, -0.05) is 39.3 Å². The number of nitrogens with zero attached hydrogens (tertiary/aromatic N) is 5. The summed E-state index contributed by atoms with van der Waals surface area (Å²) in [5.74, 6) is 1.74. The zero-order valence-electron chi connectivity index (χ0n) is 18.7. The zero-order chi connectivity index (χ0) is 20.9. The topological polar surface area (TPSA) is 46.8 Å². The first-order valence-corrected chi connectivity index (χ1v) is 11.8. The molecule has 1 saturated carbocycles.